The molecule has 1 rings (SSSR count). The molecule has 1 aromatic heterocycles. The van der Waals surface area contributed by atoms with Gasteiger partial charge < -0.3 is 15.7 Å². The predicted molar refractivity (Wildman–Crippen MR) is 69.5 cm³/mol. The first kappa shape index (κ1) is 13.9. The van der Waals surface area contributed by atoms with Crippen LogP contribution in [-0.2, 0) is 4.79 Å². The van der Waals surface area contributed by atoms with Crippen LogP contribution in [-0.4, -0.2) is 28.6 Å². The first-order valence-corrected chi connectivity index (χ1v) is 6.59. The molecule has 0 spiro atoms. The molecule has 17 heavy (non-hydrogen) atoms. The Hall–Kier alpha value is -1.14. The molecular weight excluding hydrogens is 238 g/mol. The Labute approximate surface area is 105 Å². The Morgan fingerprint density at radius 2 is 2.29 bits per heavy atom. The van der Waals surface area contributed by atoms with Crippen molar-refractivity contribution in [2.24, 2.45) is 5.73 Å². The number of aromatic nitrogens is 1. The number of thiazole rings is 1. The van der Waals surface area contributed by atoms with Gasteiger partial charge in [-0.15, -0.1) is 11.3 Å². The fourth-order valence-corrected chi connectivity index (χ4v) is 2.56. The van der Waals surface area contributed by atoms with E-state index in [1.807, 2.05) is 0 Å². The second-order valence-electron chi connectivity index (χ2n) is 3.91. The standard InChI is InChI=1S/C11H19N3O2S/c1-4-7(3)14(5-2)11-13-8(6-17-11)9(12)10(15)16/h6-7,9H,4-5,12H2,1-3H3,(H,15,16). The van der Waals surface area contributed by atoms with E-state index in [1.54, 1.807) is 5.38 Å². The van der Waals surface area contributed by atoms with E-state index in [1.165, 1.54) is 11.3 Å². The number of carboxylic acid groups (broad SMARTS) is 1. The maximum Gasteiger partial charge on any atom is 0.326 e. The number of rotatable bonds is 6. The average Bonchev–Trinajstić information content (AvgIpc) is 2.77. The van der Waals surface area contributed by atoms with Crippen LogP contribution in [0.25, 0.3) is 0 Å². The molecule has 0 aliphatic heterocycles. The smallest absolute Gasteiger partial charge is 0.326 e. The summed E-state index contributed by atoms with van der Waals surface area (Å²) in [4.78, 5) is 17.2. The van der Waals surface area contributed by atoms with E-state index in [0.29, 0.717) is 11.7 Å². The van der Waals surface area contributed by atoms with Crippen molar-refractivity contribution in [1.82, 2.24) is 4.98 Å². The van der Waals surface area contributed by atoms with Gasteiger partial charge in [0, 0.05) is 18.0 Å². The number of nitrogens with zero attached hydrogens (tertiary/aromatic N) is 2. The van der Waals surface area contributed by atoms with Gasteiger partial charge in [-0.1, -0.05) is 6.92 Å². The van der Waals surface area contributed by atoms with E-state index in [2.05, 4.69) is 30.7 Å². The molecule has 0 aliphatic rings. The molecule has 0 fully saturated rings. The van der Waals surface area contributed by atoms with E-state index in [4.69, 9.17) is 10.8 Å². The summed E-state index contributed by atoms with van der Waals surface area (Å²) in [5.41, 5.74) is 5.96. The van der Waals surface area contributed by atoms with Crippen LogP contribution in [0, 0.1) is 0 Å². The lowest BCUT2D eigenvalue weighted by Crippen LogP contribution is -2.32. The minimum absolute atomic E-state index is 0.389. The van der Waals surface area contributed by atoms with E-state index in [-0.39, 0.29) is 0 Å². The minimum atomic E-state index is -1.05. The molecule has 1 aromatic rings. The molecule has 6 heteroatoms. The number of hydrogen-bond donors (Lipinski definition) is 2. The summed E-state index contributed by atoms with van der Waals surface area (Å²) in [5, 5.41) is 11.4. The molecule has 0 amide bonds. The Balaban J connectivity index is 2.89. The van der Waals surface area contributed by atoms with E-state index in [9.17, 15) is 4.79 Å². The van der Waals surface area contributed by atoms with Crippen molar-refractivity contribution >= 4 is 22.4 Å². The summed E-state index contributed by atoms with van der Waals surface area (Å²) >= 11 is 1.44. The topological polar surface area (TPSA) is 79.5 Å². The Kier molecular flexibility index (Phi) is 4.89. The largest absolute Gasteiger partial charge is 0.480 e. The van der Waals surface area contributed by atoms with Gasteiger partial charge in [-0.25, -0.2) is 4.98 Å². The molecule has 1 heterocycles. The van der Waals surface area contributed by atoms with Crippen molar-refractivity contribution in [3.05, 3.63) is 11.1 Å². The molecule has 0 bridgehead atoms. The summed E-state index contributed by atoms with van der Waals surface area (Å²) in [5.74, 6) is -1.05. The van der Waals surface area contributed by atoms with Crippen LogP contribution in [0.3, 0.4) is 0 Å². The Bertz CT molecular complexity index is 381. The van der Waals surface area contributed by atoms with Gasteiger partial charge >= 0.3 is 5.97 Å². The number of anilines is 1. The molecule has 0 saturated carbocycles. The molecule has 2 atom stereocenters. The van der Waals surface area contributed by atoms with Crippen LogP contribution in [0.5, 0.6) is 0 Å². The summed E-state index contributed by atoms with van der Waals surface area (Å²) in [6, 6.07) is -0.643. The number of hydrogen-bond acceptors (Lipinski definition) is 5. The normalized spacial score (nSPS) is 14.4. The zero-order valence-electron chi connectivity index (χ0n) is 10.4. The van der Waals surface area contributed by atoms with Crippen LogP contribution in [0.15, 0.2) is 5.38 Å². The fraction of sp³-hybridized carbons (Fsp3) is 0.636. The van der Waals surface area contributed by atoms with Crippen LogP contribution in [0.1, 0.15) is 38.9 Å². The molecule has 5 nitrogen and oxygen atoms in total. The summed E-state index contributed by atoms with van der Waals surface area (Å²) < 4.78 is 0. The second kappa shape index (κ2) is 5.97. The maximum absolute atomic E-state index is 10.8. The first-order chi connectivity index (χ1) is 8.01. The third kappa shape index (κ3) is 3.17. The van der Waals surface area contributed by atoms with Gasteiger partial charge in [-0.3, -0.25) is 4.79 Å². The number of carboxylic acids is 1. The summed E-state index contributed by atoms with van der Waals surface area (Å²) in [6.45, 7) is 7.15. The Morgan fingerprint density at radius 1 is 1.65 bits per heavy atom. The highest BCUT2D eigenvalue weighted by atomic mass is 32.1. The third-order valence-corrected chi connectivity index (χ3v) is 3.70. The van der Waals surface area contributed by atoms with Crippen molar-refractivity contribution in [2.75, 3.05) is 11.4 Å². The van der Waals surface area contributed by atoms with Crippen LogP contribution < -0.4 is 10.6 Å². The Morgan fingerprint density at radius 3 is 2.76 bits per heavy atom. The molecule has 0 saturated heterocycles. The molecule has 0 radical (unpaired) electrons. The monoisotopic (exact) mass is 257 g/mol. The summed E-state index contributed by atoms with van der Waals surface area (Å²) in [7, 11) is 0. The fourth-order valence-electron chi connectivity index (χ4n) is 1.53. The van der Waals surface area contributed by atoms with E-state index >= 15 is 0 Å². The van der Waals surface area contributed by atoms with Crippen molar-refractivity contribution in [3.63, 3.8) is 0 Å². The third-order valence-electron chi connectivity index (χ3n) is 2.80. The highest BCUT2D eigenvalue weighted by molar-refractivity contribution is 7.13. The molecular formula is C11H19N3O2S. The first-order valence-electron chi connectivity index (χ1n) is 5.71. The van der Waals surface area contributed by atoms with Crippen molar-refractivity contribution < 1.29 is 9.90 Å². The zero-order valence-corrected chi connectivity index (χ0v) is 11.2. The highest BCUT2D eigenvalue weighted by Crippen LogP contribution is 2.25. The maximum atomic E-state index is 10.8. The average molecular weight is 257 g/mol. The zero-order chi connectivity index (χ0) is 13.0. The number of nitrogens with two attached hydrogens (primary N) is 1. The van der Waals surface area contributed by atoms with Gasteiger partial charge in [0.15, 0.2) is 5.13 Å². The van der Waals surface area contributed by atoms with Crippen LogP contribution in [0.2, 0.25) is 0 Å². The van der Waals surface area contributed by atoms with Crippen molar-refractivity contribution in [1.29, 1.82) is 0 Å². The lowest BCUT2D eigenvalue weighted by molar-refractivity contribution is -0.138. The van der Waals surface area contributed by atoms with Crippen LogP contribution >= 0.6 is 11.3 Å². The van der Waals surface area contributed by atoms with Crippen LogP contribution in [0.4, 0.5) is 5.13 Å². The minimum Gasteiger partial charge on any atom is -0.480 e. The molecule has 96 valence electrons. The van der Waals surface area contributed by atoms with Gasteiger partial charge in [0.25, 0.3) is 0 Å². The molecule has 3 N–H and O–H groups in total. The molecule has 2 unspecified atom stereocenters. The summed E-state index contributed by atoms with van der Waals surface area (Å²) in [6.07, 6.45) is 1.02. The number of carbonyl (C=O) groups is 1. The second-order valence-corrected chi connectivity index (χ2v) is 4.75. The van der Waals surface area contributed by atoms with Crippen molar-refractivity contribution in [2.45, 2.75) is 39.3 Å². The predicted octanol–water partition coefficient (Wildman–Crippen LogP) is 1.85. The van der Waals surface area contributed by atoms with Crippen molar-refractivity contribution in [3.8, 4) is 0 Å². The van der Waals surface area contributed by atoms with Gasteiger partial charge in [-0.2, -0.15) is 0 Å². The van der Waals surface area contributed by atoms with Gasteiger partial charge in [0.2, 0.25) is 0 Å². The molecule has 0 aromatic carbocycles. The lowest BCUT2D eigenvalue weighted by Gasteiger charge is -2.26. The highest BCUT2D eigenvalue weighted by Gasteiger charge is 2.20. The lowest BCUT2D eigenvalue weighted by atomic mass is 10.2. The SMILES string of the molecule is CCC(C)N(CC)c1nc(C(N)C(=O)O)cs1. The van der Waals surface area contributed by atoms with E-state index < -0.39 is 12.0 Å². The molecule has 0 aliphatic carbocycles. The van der Waals surface area contributed by atoms with Gasteiger partial charge in [0.05, 0.1) is 5.69 Å². The quantitative estimate of drug-likeness (QED) is 0.813. The number of aliphatic carboxylic acids is 1. The van der Waals surface area contributed by atoms with Gasteiger partial charge in [-0.05, 0) is 20.3 Å². The van der Waals surface area contributed by atoms with E-state index in [0.717, 1.165) is 18.1 Å². The van der Waals surface area contributed by atoms with Gasteiger partial charge in [0.1, 0.15) is 6.04 Å².